The molecule has 0 unspecified atom stereocenters. The summed E-state index contributed by atoms with van der Waals surface area (Å²) in [6.07, 6.45) is 7.85. The Labute approximate surface area is 124 Å². The molecule has 0 saturated carbocycles. The molecule has 0 aromatic heterocycles. The number of hydrogen-bond donors (Lipinski definition) is 1. The fourth-order valence-corrected chi connectivity index (χ4v) is 2.98. The molecule has 1 aromatic carbocycles. The molecule has 2 heteroatoms. The zero-order valence-electron chi connectivity index (χ0n) is 13.0. The van der Waals surface area contributed by atoms with Crippen LogP contribution in [-0.4, -0.2) is 37.6 Å². The molecule has 0 spiro atoms. The normalized spacial score (nSPS) is 15.8. The molecule has 2 nitrogen and oxygen atoms in total. The monoisotopic (exact) mass is 274 g/mol. The van der Waals surface area contributed by atoms with Crippen molar-refractivity contribution in [3.8, 4) is 0 Å². The minimum Gasteiger partial charge on any atom is -0.315 e. The van der Waals surface area contributed by atoms with Crippen molar-refractivity contribution in [1.82, 2.24) is 10.2 Å². The first-order chi connectivity index (χ1) is 9.90. The van der Waals surface area contributed by atoms with Crippen LogP contribution < -0.4 is 5.32 Å². The summed E-state index contributed by atoms with van der Waals surface area (Å²) in [5.41, 5.74) is 3.12. The second-order valence-electron chi connectivity index (χ2n) is 5.92. The van der Waals surface area contributed by atoms with Crippen LogP contribution in [0.2, 0.25) is 0 Å². The molecule has 1 aliphatic heterocycles. The highest BCUT2D eigenvalue weighted by molar-refractivity contribution is 5.28. The van der Waals surface area contributed by atoms with Crippen LogP contribution in [0.3, 0.4) is 0 Å². The van der Waals surface area contributed by atoms with E-state index in [1.807, 2.05) is 0 Å². The lowest BCUT2D eigenvalue weighted by Crippen LogP contribution is -2.34. The quantitative estimate of drug-likeness (QED) is 0.732. The maximum atomic E-state index is 3.59. The lowest BCUT2D eigenvalue weighted by Gasteiger charge is -2.19. The van der Waals surface area contributed by atoms with Crippen molar-refractivity contribution in [2.75, 3.05) is 32.7 Å². The van der Waals surface area contributed by atoms with Crippen molar-refractivity contribution < 1.29 is 0 Å². The van der Waals surface area contributed by atoms with Gasteiger partial charge in [0.25, 0.3) is 0 Å². The van der Waals surface area contributed by atoms with E-state index in [1.165, 1.54) is 64.7 Å². The molecule has 0 bridgehead atoms. The molecule has 2 rings (SSSR count). The molecule has 0 saturated heterocycles. The Bertz CT molecular complexity index is 348. The topological polar surface area (TPSA) is 15.3 Å². The van der Waals surface area contributed by atoms with Crippen LogP contribution in [-0.2, 0) is 12.8 Å². The van der Waals surface area contributed by atoms with Crippen molar-refractivity contribution in [3.05, 3.63) is 35.4 Å². The number of rotatable bonds is 8. The summed E-state index contributed by atoms with van der Waals surface area (Å²) >= 11 is 0. The Kier molecular flexibility index (Phi) is 7.10. The predicted molar refractivity (Wildman–Crippen MR) is 87.3 cm³/mol. The molecule has 1 aliphatic rings. The average Bonchev–Trinajstić information content (AvgIpc) is 2.69. The van der Waals surface area contributed by atoms with Gasteiger partial charge in [-0.1, -0.05) is 50.5 Å². The first kappa shape index (κ1) is 15.5. The van der Waals surface area contributed by atoms with Gasteiger partial charge in [-0.15, -0.1) is 0 Å². The molecular formula is C18H30N2. The maximum Gasteiger partial charge on any atom is 0.0107 e. The van der Waals surface area contributed by atoms with Gasteiger partial charge in [-0.3, -0.25) is 0 Å². The average molecular weight is 274 g/mol. The predicted octanol–water partition coefficient (Wildman–Crippen LogP) is 3.26. The fraction of sp³-hybridized carbons (Fsp3) is 0.667. The van der Waals surface area contributed by atoms with E-state index in [2.05, 4.69) is 41.4 Å². The molecular weight excluding hydrogens is 244 g/mol. The summed E-state index contributed by atoms with van der Waals surface area (Å²) in [6, 6.07) is 8.94. The first-order valence-electron chi connectivity index (χ1n) is 8.40. The van der Waals surface area contributed by atoms with E-state index >= 15 is 0 Å². The molecule has 0 amide bonds. The van der Waals surface area contributed by atoms with Crippen molar-refractivity contribution in [2.45, 2.75) is 45.4 Å². The molecule has 1 heterocycles. The molecule has 0 fully saturated rings. The van der Waals surface area contributed by atoms with Gasteiger partial charge in [0.15, 0.2) is 0 Å². The third kappa shape index (κ3) is 5.26. The lowest BCUT2D eigenvalue weighted by atomic mass is 10.0. The SMILES string of the molecule is CCCCCCNCCN1CCc2ccccc2CC1. The van der Waals surface area contributed by atoms with Crippen molar-refractivity contribution in [2.24, 2.45) is 0 Å². The largest absolute Gasteiger partial charge is 0.315 e. The highest BCUT2D eigenvalue weighted by Crippen LogP contribution is 2.15. The van der Waals surface area contributed by atoms with Crippen molar-refractivity contribution in [1.29, 1.82) is 0 Å². The first-order valence-corrected chi connectivity index (χ1v) is 8.40. The zero-order valence-corrected chi connectivity index (χ0v) is 13.0. The van der Waals surface area contributed by atoms with Gasteiger partial charge in [0, 0.05) is 26.2 Å². The van der Waals surface area contributed by atoms with E-state index in [-0.39, 0.29) is 0 Å². The Morgan fingerprint density at radius 3 is 2.30 bits per heavy atom. The molecule has 0 aliphatic carbocycles. The van der Waals surface area contributed by atoms with E-state index in [0.29, 0.717) is 0 Å². The van der Waals surface area contributed by atoms with Crippen LogP contribution in [0, 0.1) is 0 Å². The molecule has 20 heavy (non-hydrogen) atoms. The number of unbranched alkanes of at least 4 members (excludes halogenated alkanes) is 3. The number of hydrogen-bond acceptors (Lipinski definition) is 2. The van der Waals surface area contributed by atoms with Gasteiger partial charge in [-0.2, -0.15) is 0 Å². The van der Waals surface area contributed by atoms with Crippen LogP contribution in [0.25, 0.3) is 0 Å². The van der Waals surface area contributed by atoms with Gasteiger partial charge in [-0.25, -0.2) is 0 Å². The number of nitrogens with zero attached hydrogens (tertiary/aromatic N) is 1. The van der Waals surface area contributed by atoms with E-state index in [9.17, 15) is 0 Å². The Morgan fingerprint density at radius 2 is 1.65 bits per heavy atom. The second kappa shape index (κ2) is 9.15. The summed E-state index contributed by atoms with van der Waals surface area (Å²) < 4.78 is 0. The smallest absolute Gasteiger partial charge is 0.0107 e. The minimum atomic E-state index is 1.14. The van der Waals surface area contributed by atoms with Crippen LogP contribution in [0.4, 0.5) is 0 Å². The highest BCUT2D eigenvalue weighted by Gasteiger charge is 2.12. The third-order valence-electron chi connectivity index (χ3n) is 4.33. The summed E-state index contributed by atoms with van der Waals surface area (Å²) in [6.45, 7) is 8.23. The van der Waals surface area contributed by atoms with Gasteiger partial charge in [0.1, 0.15) is 0 Å². The van der Waals surface area contributed by atoms with E-state index in [1.54, 1.807) is 11.1 Å². The van der Waals surface area contributed by atoms with Gasteiger partial charge in [-0.05, 0) is 36.9 Å². The molecule has 0 atom stereocenters. The van der Waals surface area contributed by atoms with Gasteiger partial charge >= 0.3 is 0 Å². The Balaban J connectivity index is 1.59. The van der Waals surface area contributed by atoms with Crippen molar-refractivity contribution in [3.63, 3.8) is 0 Å². The summed E-state index contributed by atoms with van der Waals surface area (Å²) in [7, 11) is 0. The van der Waals surface area contributed by atoms with Crippen LogP contribution in [0.1, 0.15) is 43.7 Å². The van der Waals surface area contributed by atoms with E-state index in [4.69, 9.17) is 0 Å². The summed E-state index contributed by atoms with van der Waals surface area (Å²) in [5, 5.41) is 3.59. The standard InChI is InChI=1S/C18H30N2/c1-2-3-4-7-12-19-13-16-20-14-10-17-8-5-6-9-18(17)11-15-20/h5-6,8-9,19H,2-4,7,10-16H2,1H3. The number of benzene rings is 1. The zero-order chi connectivity index (χ0) is 14.0. The lowest BCUT2D eigenvalue weighted by molar-refractivity contribution is 0.286. The summed E-state index contributed by atoms with van der Waals surface area (Å²) in [4.78, 5) is 2.61. The van der Waals surface area contributed by atoms with Crippen LogP contribution in [0.15, 0.2) is 24.3 Å². The maximum absolute atomic E-state index is 3.59. The minimum absolute atomic E-state index is 1.14. The van der Waals surface area contributed by atoms with E-state index in [0.717, 1.165) is 6.54 Å². The number of fused-ring (bicyclic) bond motifs is 1. The van der Waals surface area contributed by atoms with Gasteiger partial charge in [0.05, 0.1) is 0 Å². The molecule has 1 aromatic rings. The van der Waals surface area contributed by atoms with E-state index < -0.39 is 0 Å². The third-order valence-corrected chi connectivity index (χ3v) is 4.33. The fourth-order valence-electron chi connectivity index (χ4n) is 2.98. The molecule has 1 N–H and O–H groups in total. The molecule has 112 valence electrons. The highest BCUT2D eigenvalue weighted by atomic mass is 15.1. The Morgan fingerprint density at radius 1 is 0.950 bits per heavy atom. The van der Waals surface area contributed by atoms with Gasteiger partial charge in [0.2, 0.25) is 0 Å². The number of nitrogens with one attached hydrogen (secondary N) is 1. The van der Waals surface area contributed by atoms with Gasteiger partial charge < -0.3 is 10.2 Å². The summed E-state index contributed by atoms with van der Waals surface area (Å²) in [5.74, 6) is 0. The molecule has 0 radical (unpaired) electrons. The Hall–Kier alpha value is -0.860. The second-order valence-corrected chi connectivity index (χ2v) is 5.92. The van der Waals surface area contributed by atoms with Crippen molar-refractivity contribution >= 4 is 0 Å². The van der Waals surface area contributed by atoms with Crippen LogP contribution >= 0.6 is 0 Å². The van der Waals surface area contributed by atoms with Crippen LogP contribution in [0.5, 0.6) is 0 Å².